The zero-order valence-corrected chi connectivity index (χ0v) is 14.6. The second-order valence-electron chi connectivity index (χ2n) is 6.45. The van der Waals surface area contributed by atoms with Gasteiger partial charge in [-0.05, 0) is 60.6 Å². The van der Waals surface area contributed by atoms with Gasteiger partial charge in [0.2, 0.25) is 0 Å². The number of rotatable bonds is 4. The molecule has 3 rings (SSSR count). The minimum absolute atomic E-state index is 0.137. The summed E-state index contributed by atoms with van der Waals surface area (Å²) >= 11 is 5.94. The van der Waals surface area contributed by atoms with E-state index in [1.54, 1.807) is 36.4 Å². The Labute approximate surface area is 151 Å². The summed E-state index contributed by atoms with van der Waals surface area (Å²) in [6.45, 7) is 0. The summed E-state index contributed by atoms with van der Waals surface area (Å²) < 4.78 is 4.71. The van der Waals surface area contributed by atoms with Gasteiger partial charge in [0.1, 0.15) is 0 Å². The summed E-state index contributed by atoms with van der Waals surface area (Å²) in [6, 6.07) is 14.3. The van der Waals surface area contributed by atoms with Crippen molar-refractivity contribution < 1.29 is 19.4 Å². The van der Waals surface area contributed by atoms with Crippen LogP contribution in [-0.4, -0.2) is 24.2 Å². The van der Waals surface area contributed by atoms with Crippen LogP contribution in [0.1, 0.15) is 46.7 Å². The van der Waals surface area contributed by atoms with Gasteiger partial charge < -0.3 is 9.84 Å². The van der Waals surface area contributed by atoms with E-state index in [4.69, 9.17) is 16.3 Å². The molecular weight excluding hydrogens is 340 g/mol. The molecular formula is C20H19ClO4. The quantitative estimate of drug-likeness (QED) is 0.822. The molecule has 130 valence electrons. The molecule has 2 aromatic rings. The first-order valence-corrected chi connectivity index (χ1v) is 8.52. The second-order valence-corrected chi connectivity index (χ2v) is 6.88. The molecule has 0 radical (unpaired) electrons. The van der Waals surface area contributed by atoms with Crippen LogP contribution in [0.5, 0.6) is 0 Å². The third-order valence-electron chi connectivity index (χ3n) is 5.12. The van der Waals surface area contributed by atoms with Gasteiger partial charge in [-0.25, -0.2) is 4.79 Å². The molecule has 25 heavy (non-hydrogen) atoms. The van der Waals surface area contributed by atoms with E-state index < -0.39 is 11.4 Å². The molecule has 2 aromatic carbocycles. The number of esters is 1. The molecule has 0 aromatic heterocycles. The van der Waals surface area contributed by atoms with Gasteiger partial charge in [-0.3, -0.25) is 4.79 Å². The van der Waals surface area contributed by atoms with Crippen molar-refractivity contribution in [1.82, 2.24) is 0 Å². The lowest BCUT2D eigenvalue weighted by Gasteiger charge is -2.25. The largest absolute Gasteiger partial charge is 0.481 e. The zero-order valence-electron chi connectivity index (χ0n) is 13.9. The highest BCUT2D eigenvalue weighted by molar-refractivity contribution is 6.30. The highest BCUT2D eigenvalue weighted by Crippen LogP contribution is 2.48. The third kappa shape index (κ3) is 3.27. The van der Waals surface area contributed by atoms with Crippen LogP contribution in [0, 0.1) is 0 Å². The smallest absolute Gasteiger partial charge is 0.337 e. The third-order valence-corrected chi connectivity index (χ3v) is 5.38. The molecule has 0 aliphatic heterocycles. The highest BCUT2D eigenvalue weighted by atomic mass is 35.5. The summed E-state index contributed by atoms with van der Waals surface area (Å²) in [5, 5.41) is 10.5. The van der Waals surface area contributed by atoms with Crippen molar-refractivity contribution in [3.63, 3.8) is 0 Å². The van der Waals surface area contributed by atoms with Gasteiger partial charge in [-0.1, -0.05) is 35.9 Å². The van der Waals surface area contributed by atoms with Crippen molar-refractivity contribution >= 4 is 23.5 Å². The van der Waals surface area contributed by atoms with Crippen molar-refractivity contribution in [2.24, 2.45) is 0 Å². The number of benzene rings is 2. The van der Waals surface area contributed by atoms with E-state index in [1.807, 2.05) is 12.1 Å². The highest BCUT2D eigenvalue weighted by Gasteiger charge is 2.47. The fraction of sp³-hybridized carbons (Fsp3) is 0.300. The summed E-state index contributed by atoms with van der Waals surface area (Å²) in [6.07, 6.45) is 1.89. The molecule has 1 saturated carbocycles. The topological polar surface area (TPSA) is 63.6 Å². The number of aliphatic carboxylic acids is 1. The average molecular weight is 359 g/mol. The van der Waals surface area contributed by atoms with Crippen molar-refractivity contribution in [3.05, 3.63) is 70.2 Å². The van der Waals surface area contributed by atoms with E-state index in [-0.39, 0.29) is 11.9 Å². The van der Waals surface area contributed by atoms with Gasteiger partial charge in [0.05, 0.1) is 18.1 Å². The van der Waals surface area contributed by atoms with Gasteiger partial charge in [-0.2, -0.15) is 0 Å². The maximum Gasteiger partial charge on any atom is 0.337 e. The SMILES string of the molecule is COC(=O)c1ccc([C@H]2CC[C@](C(=O)O)(c3ccc(Cl)cc3)C2)cc1. The molecule has 1 aliphatic rings. The Bertz CT molecular complexity index is 782. The first kappa shape index (κ1) is 17.5. The Balaban J connectivity index is 1.86. The van der Waals surface area contributed by atoms with Gasteiger partial charge in [0, 0.05) is 5.02 Å². The molecule has 0 bridgehead atoms. The fourth-order valence-electron chi connectivity index (χ4n) is 3.69. The Morgan fingerprint density at radius 3 is 2.32 bits per heavy atom. The molecule has 1 fully saturated rings. The summed E-state index contributed by atoms with van der Waals surface area (Å²) in [7, 11) is 1.35. The molecule has 1 aliphatic carbocycles. The zero-order chi connectivity index (χ0) is 18.0. The molecule has 0 amide bonds. The van der Waals surface area contributed by atoms with Crippen LogP contribution in [0.25, 0.3) is 0 Å². The molecule has 0 heterocycles. The maximum atomic E-state index is 12.1. The number of halogens is 1. The number of carbonyl (C=O) groups is 2. The minimum Gasteiger partial charge on any atom is -0.481 e. The van der Waals surface area contributed by atoms with E-state index in [1.165, 1.54) is 7.11 Å². The standard InChI is InChI=1S/C20H19ClO4/c1-25-18(22)14-4-2-13(3-5-14)15-10-11-20(12-15,19(23)24)16-6-8-17(21)9-7-16/h2-9,15H,10-12H2,1H3,(H,23,24)/t15-,20+/m0/s1. The first-order chi connectivity index (χ1) is 12.0. The first-order valence-electron chi connectivity index (χ1n) is 8.14. The summed E-state index contributed by atoms with van der Waals surface area (Å²) in [4.78, 5) is 23.6. The van der Waals surface area contributed by atoms with Crippen molar-refractivity contribution in [2.45, 2.75) is 30.6 Å². The van der Waals surface area contributed by atoms with E-state index >= 15 is 0 Å². The predicted octanol–water partition coefficient (Wildman–Crippen LogP) is 4.42. The van der Waals surface area contributed by atoms with Crippen LogP contribution in [0.3, 0.4) is 0 Å². The molecule has 0 spiro atoms. The molecule has 2 atom stereocenters. The van der Waals surface area contributed by atoms with Gasteiger partial charge in [0.15, 0.2) is 0 Å². The normalized spacial score (nSPS) is 22.6. The molecule has 0 saturated heterocycles. The van der Waals surface area contributed by atoms with Crippen molar-refractivity contribution in [2.75, 3.05) is 7.11 Å². The van der Waals surface area contributed by atoms with Crippen LogP contribution in [0.15, 0.2) is 48.5 Å². The number of carboxylic acid groups (broad SMARTS) is 1. The number of carbonyl (C=O) groups excluding carboxylic acids is 1. The van der Waals surface area contributed by atoms with Gasteiger partial charge in [0.25, 0.3) is 0 Å². The Kier molecular flexibility index (Phi) is 4.82. The Hall–Kier alpha value is -2.33. The molecule has 5 heteroatoms. The lowest BCUT2D eigenvalue weighted by molar-refractivity contribution is -0.143. The number of ether oxygens (including phenoxy) is 1. The van der Waals surface area contributed by atoms with Gasteiger partial charge in [-0.15, -0.1) is 0 Å². The van der Waals surface area contributed by atoms with Gasteiger partial charge >= 0.3 is 11.9 Å². The van der Waals surface area contributed by atoms with E-state index in [2.05, 4.69) is 0 Å². The van der Waals surface area contributed by atoms with E-state index in [9.17, 15) is 14.7 Å². The Morgan fingerprint density at radius 2 is 1.76 bits per heavy atom. The molecule has 4 nitrogen and oxygen atoms in total. The van der Waals surface area contributed by atoms with E-state index in [0.29, 0.717) is 23.4 Å². The van der Waals surface area contributed by atoms with Crippen LogP contribution >= 0.6 is 11.6 Å². The number of carboxylic acids is 1. The second kappa shape index (κ2) is 6.89. The summed E-state index contributed by atoms with van der Waals surface area (Å²) in [5.74, 6) is -1.04. The van der Waals surface area contributed by atoms with Crippen molar-refractivity contribution in [3.8, 4) is 0 Å². The lowest BCUT2D eigenvalue weighted by atomic mass is 9.77. The van der Waals surface area contributed by atoms with Crippen LogP contribution in [0.4, 0.5) is 0 Å². The van der Waals surface area contributed by atoms with Crippen molar-refractivity contribution in [1.29, 1.82) is 0 Å². The minimum atomic E-state index is -0.893. The van der Waals surface area contributed by atoms with Crippen LogP contribution < -0.4 is 0 Å². The molecule has 1 N–H and O–H groups in total. The van der Waals surface area contributed by atoms with Crippen LogP contribution in [-0.2, 0) is 14.9 Å². The lowest BCUT2D eigenvalue weighted by Crippen LogP contribution is -2.33. The number of hydrogen-bond donors (Lipinski definition) is 1. The Morgan fingerprint density at radius 1 is 1.12 bits per heavy atom. The summed E-state index contributed by atoms with van der Waals surface area (Å²) in [5.41, 5.74) is 1.44. The van der Waals surface area contributed by atoms with Crippen LogP contribution in [0.2, 0.25) is 5.02 Å². The number of hydrogen-bond acceptors (Lipinski definition) is 3. The maximum absolute atomic E-state index is 12.1. The monoisotopic (exact) mass is 358 g/mol. The predicted molar refractivity (Wildman–Crippen MR) is 95.1 cm³/mol. The van der Waals surface area contributed by atoms with E-state index in [0.717, 1.165) is 17.5 Å². The fourth-order valence-corrected chi connectivity index (χ4v) is 3.81. The molecule has 0 unspecified atom stereocenters. The number of methoxy groups -OCH3 is 1. The average Bonchev–Trinajstić information content (AvgIpc) is 3.08.